The third kappa shape index (κ3) is 3.26. The van der Waals surface area contributed by atoms with Crippen molar-refractivity contribution in [3.8, 4) is 0 Å². The Balaban J connectivity index is 1.89. The lowest BCUT2D eigenvalue weighted by Gasteiger charge is -2.35. The fourth-order valence-electron chi connectivity index (χ4n) is 1.92. The monoisotopic (exact) mass is 238 g/mol. The maximum atomic E-state index is 9.73. The van der Waals surface area contributed by atoms with E-state index in [2.05, 4.69) is 0 Å². The number of aliphatic hydroxyl groups is 2. The van der Waals surface area contributed by atoms with Crippen LogP contribution in [-0.2, 0) is 16.1 Å². The minimum absolute atomic E-state index is 0.103. The summed E-state index contributed by atoms with van der Waals surface area (Å²) in [7, 11) is 0. The van der Waals surface area contributed by atoms with E-state index >= 15 is 0 Å². The van der Waals surface area contributed by atoms with Crippen molar-refractivity contribution in [2.45, 2.75) is 44.6 Å². The van der Waals surface area contributed by atoms with Gasteiger partial charge >= 0.3 is 0 Å². The highest BCUT2D eigenvalue weighted by Crippen LogP contribution is 2.21. The summed E-state index contributed by atoms with van der Waals surface area (Å²) >= 11 is 0. The zero-order chi connectivity index (χ0) is 12.3. The van der Waals surface area contributed by atoms with Crippen molar-refractivity contribution in [3.05, 3.63) is 35.9 Å². The summed E-state index contributed by atoms with van der Waals surface area (Å²) in [6.45, 7) is 2.22. The van der Waals surface area contributed by atoms with Gasteiger partial charge < -0.3 is 19.7 Å². The Labute approximate surface area is 101 Å². The van der Waals surface area contributed by atoms with Gasteiger partial charge in [0, 0.05) is 6.42 Å². The molecule has 0 saturated carbocycles. The van der Waals surface area contributed by atoms with Crippen LogP contribution in [0.3, 0.4) is 0 Å². The van der Waals surface area contributed by atoms with Crippen molar-refractivity contribution in [1.82, 2.24) is 0 Å². The SMILES string of the molecule is C[C@H]1C[C@H](O)[C@H](O)[C@H](OCc2ccccc2)O1. The van der Waals surface area contributed by atoms with Crippen molar-refractivity contribution in [2.24, 2.45) is 0 Å². The third-order valence-electron chi connectivity index (χ3n) is 2.87. The van der Waals surface area contributed by atoms with Crippen LogP contribution in [0.2, 0.25) is 0 Å². The summed E-state index contributed by atoms with van der Waals surface area (Å²) in [5.74, 6) is 0. The molecule has 0 aromatic heterocycles. The molecule has 94 valence electrons. The average molecular weight is 238 g/mol. The molecular formula is C13H18O4. The molecule has 2 N–H and O–H groups in total. The zero-order valence-electron chi connectivity index (χ0n) is 9.82. The second-order valence-electron chi connectivity index (χ2n) is 4.41. The lowest BCUT2D eigenvalue weighted by molar-refractivity contribution is -0.267. The summed E-state index contributed by atoms with van der Waals surface area (Å²) in [5.41, 5.74) is 1.01. The Bertz CT molecular complexity index is 341. The molecule has 1 aliphatic heterocycles. The Morgan fingerprint density at radius 1 is 1.29 bits per heavy atom. The van der Waals surface area contributed by atoms with E-state index in [1.54, 1.807) is 0 Å². The molecule has 1 saturated heterocycles. The van der Waals surface area contributed by atoms with Gasteiger partial charge in [-0.2, -0.15) is 0 Å². The number of rotatable bonds is 3. The number of benzene rings is 1. The van der Waals surface area contributed by atoms with Crippen LogP contribution >= 0.6 is 0 Å². The van der Waals surface area contributed by atoms with Crippen molar-refractivity contribution in [2.75, 3.05) is 0 Å². The van der Waals surface area contributed by atoms with E-state index in [4.69, 9.17) is 9.47 Å². The Morgan fingerprint density at radius 2 is 2.00 bits per heavy atom. The van der Waals surface area contributed by atoms with Gasteiger partial charge in [0.1, 0.15) is 6.10 Å². The van der Waals surface area contributed by atoms with Gasteiger partial charge in [-0.1, -0.05) is 30.3 Å². The summed E-state index contributed by atoms with van der Waals surface area (Å²) in [6.07, 6.45) is -2.18. The van der Waals surface area contributed by atoms with E-state index in [9.17, 15) is 10.2 Å². The first-order valence-corrected chi connectivity index (χ1v) is 5.84. The number of hydrogen-bond donors (Lipinski definition) is 2. The fourth-order valence-corrected chi connectivity index (χ4v) is 1.92. The highest BCUT2D eigenvalue weighted by Gasteiger charge is 2.35. The van der Waals surface area contributed by atoms with Crippen molar-refractivity contribution >= 4 is 0 Å². The normalized spacial score (nSPS) is 33.6. The van der Waals surface area contributed by atoms with Gasteiger partial charge in [0.05, 0.1) is 18.8 Å². The smallest absolute Gasteiger partial charge is 0.186 e. The molecule has 1 aromatic rings. The third-order valence-corrected chi connectivity index (χ3v) is 2.87. The van der Waals surface area contributed by atoms with Crippen LogP contribution in [-0.4, -0.2) is 34.8 Å². The van der Waals surface area contributed by atoms with Crippen molar-refractivity contribution in [3.63, 3.8) is 0 Å². The molecule has 17 heavy (non-hydrogen) atoms. The van der Waals surface area contributed by atoms with Crippen LogP contribution in [0.25, 0.3) is 0 Å². The Morgan fingerprint density at radius 3 is 2.71 bits per heavy atom. The predicted molar refractivity (Wildman–Crippen MR) is 62.2 cm³/mol. The maximum absolute atomic E-state index is 9.73. The minimum Gasteiger partial charge on any atom is -0.390 e. The molecule has 0 spiro atoms. The van der Waals surface area contributed by atoms with E-state index < -0.39 is 18.5 Å². The van der Waals surface area contributed by atoms with E-state index in [1.807, 2.05) is 37.3 Å². The Hall–Kier alpha value is -0.940. The molecule has 2 rings (SSSR count). The van der Waals surface area contributed by atoms with Gasteiger partial charge in [-0.3, -0.25) is 0 Å². The second-order valence-corrected chi connectivity index (χ2v) is 4.41. The molecule has 1 heterocycles. The summed E-state index contributed by atoms with van der Waals surface area (Å²) < 4.78 is 10.9. The summed E-state index contributed by atoms with van der Waals surface area (Å²) in [6, 6.07) is 9.66. The van der Waals surface area contributed by atoms with Crippen LogP contribution in [0.4, 0.5) is 0 Å². The van der Waals surface area contributed by atoms with E-state index in [1.165, 1.54) is 0 Å². The highest BCUT2D eigenvalue weighted by atomic mass is 16.7. The molecule has 1 aliphatic rings. The molecule has 4 nitrogen and oxygen atoms in total. The summed E-state index contributed by atoms with van der Waals surface area (Å²) in [5, 5.41) is 19.3. The molecular weight excluding hydrogens is 220 g/mol. The van der Waals surface area contributed by atoms with Gasteiger partial charge in [-0.05, 0) is 12.5 Å². The summed E-state index contributed by atoms with van der Waals surface area (Å²) in [4.78, 5) is 0. The van der Waals surface area contributed by atoms with E-state index in [0.29, 0.717) is 13.0 Å². The number of hydrogen-bond acceptors (Lipinski definition) is 4. The van der Waals surface area contributed by atoms with Gasteiger partial charge in [0.25, 0.3) is 0 Å². The molecule has 0 unspecified atom stereocenters. The quantitative estimate of drug-likeness (QED) is 0.826. The second kappa shape index (κ2) is 5.60. The van der Waals surface area contributed by atoms with Gasteiger partial charge in [-0.25, -0.2) is 0 Å². The van der Waals surface area contributed by atoms with Crippen LogP contribution in [0.5, 0.6) is 0 Å². The number of ether oxygens (including phenoxy) is 2. The minimum atomic E-state index is -0.977. The molecule has 1 aromatic carbocycles. The molecule has 1 fully saturated rings. The molecule has 0 aliphatic carbocycles. The molecule has 4 heteroatoms. The first kappa shape index (κ1) is 12.5. The van der Waals surface area contributed by atoms with Gasteiger partial charge in [0.2, 0.25) is 0 Å². The topological polar surface area (TPSA) is 58.9 Å². The van der Waals surface area contributed by atoms with E-state index in [-0.39, 0.29) is 6.10 Å². The average Bonchev–Trinajstić information content (AvgIpc) is 2.33. The first-order valence-electron chi connectivity index (χ1n) is 5.84. The molecule has 0 bridgehead atoms. The van der Waals surface area contributed by atoms with Crippen LogP contribution < -0.4 is 0 Å². The zero-order valence-corrected chi connectivity index (χ0v) is 9.82. The van der Waals surface area contributed by atoms with Crippen LogP contribution in [0.15, 0.2) is 30.3 Å². The lowest BCUT2D eigenvalue weighted by atomic mass is 10.0. The first-order chi connectivity index (χ1) is 8.16. The standard InChI is InChI=1S/C13H18O4/c1-9-7-11(14)12(15)13(17-9)16-8-10-5-3-2-4-6-10/h2-6,9,11-15H,7-8H2,1H3/t9-,11-,12-,13+/m0/s1. The highest BCUT2D eigenvalue weighted by molar-refractivity contribution is 5.13. The van der Waals surface area contributed by atoms with Crippen molar-refractivity contribution < 1.29 is 19.7 Å². The molecule has 4 atom stereocenters. The van der Waals surface area contributed by atoms with Gasteiger partial charge in [-0.15, -0.1) is 0 Å². The van der Waals surface area contributed by atoms with Gasteiger partial charge in [0.15, 0.2) is 6.29 Å². The Kier molecular flexibility index (Phi) is 4.12. The maximum Gasteiger partial charge on any atom is 0.186 e. The number of aliphatic hydroxyl groups excluding tert-OH is 2. The molecule has 0 radical (unpaired) electrons. The molecule has 0 amide bonds. The fraction of sp³-hybridized carbons (Fsp3) is 0.538. The lowest BCUT2D eigenvalue weighted by Crippen LogP contribution is -2.48. The van der Waals surface area contributed by atoms with Crippen LogP contribution in [0.1, 0.15) is 18.9 Å². The van der Waals surface area contributed by atoms with Crippen LogP contribution in [0, 0.1) is 0 Å². The van der Waals surface area contributed by atoms with Crippen molar-refractivity contribution in [1.29, 1.82) is 0 Å². The predicted octanol–water partition coefficient (Wildman–Crippen LogP) is 1.06. The van der Waals surface area contributed by atoms with E-state index in [0.717, 1.165) is 5.56 Å². The largest absolute Gasteiger partial charge is 0.390 e.